The van der Waals surface area contributed by atoms with Crippen LogP contribution in [-0.4, -0.2) is 39.9 Å². The molecule has 0 saturated carbocycles. The molecular formula is C19H34O6Si. The van der Waals surface area contributed by atoms with Crippen LogP contribution in [0.25, 0.3) is 0 Å². The van der Waals surface area contributed by atoms with Crippen LogP contribution in [0.5, 0.6) is 0 Å². The molecule has 26 heavy (non-hydrogen) atoms. The van der Waals surface area contributed by atoms with Gasteiger partial charge in [0.1, 0.15) is 0 Å². The lowest BCUT2D eigenvalue weighted by atomic mass is 10.2. The van der Waals surface area contributed by atoms with Gasteiger partial charge >= 0.3 is 11.9 Å². The number of hydrogen-bond acceptors (Lipinski definition) is 6. The maximum atomic E-state index is 12.3. The summed E-state index contributed by atoms with van der Waals surface area (Å²) in [5.41, 5.74) is 1.07. The zero-order valence-corrected chi connectivity index (χ0v) is 18.2. The van der Waals surface area contributed by atoms with Crippen molar-refractivity contribution in [3.8, 4) is 0 Å². The first-order valence-corrected chi connectivity index (χ1v) is 11.4. The van der Waals surface area contributed by atoms with Gasteiger partial charge in [-0.25, -0.2) is 9.59 Å². The van der Waals surface area contributed by atoms with Crippen LogP contribution in [0.1, 0.15) is 60.8 Å². The molecule has 0 aliphatic carbocycles. The Morgan fingerprint density at radius 2 is 1.35 bits per heavy atom. The zero-order chi connectivity index (χ0) is 20.3. The predicted octanol–water partition coefficient (Wildman–Crippen LogP) is 4.15. The van der Waals surface area contributed by atoms with Gasteiger partial charge in [0.15, 0.2) is 0 Å². The molecule has 7 heteroatoms. The predicted molar refractivity (Wildman–Crippen MR) is 103 cm³/mol. The highest BCUT2D eigenvalue weighted by atomic mass is 28.4. The summed E-state index contributed by atoms with van der Waals surface area (Å²) in [4.78, 5) is 34.6. The van der Waals surface area contributed by atoms with E-state index in [4.69, 9.17) is 9.16 Å². The Morgan fingerprint density at radius 3 is 1.81 bits per heavy atom. The molecule has 0 saturated heterocycles. The summed E-state index contributed by atoms with van der Waals surface area (Å²) in [6, 6.07) is 0. The molecule has 0 rings (SSSR count). The normalized spacial score (nSPS) is 12.1. The van der Waals surface area contributed by atoms with Crippen molar-refractivity contribution in [2.75, 3.05) is 13.7 Å². The maximum absolute atomic E-state index is 12.3. The fraction of sp³-hybridized carbons (Fsp3) is 0.737. The molecule has 0 aromatic heterocycles. The Kier molecular flexibility index (Phi) is 11.1. The topological polar surface area (TPSA) is 78.9 Å². The van der Waals surface area contributed by atoms with Gasteiger partial charge in [0, 0.05) is 18.6 Å². The van der Waals surface area contributed by atoms with Gasteiger partial charge < -0.3 is 13.9 Å². The fourth-order valence-corrected chi connectivity index (χ4v) is 8.60. The van der Waals surface area contributed by atoms with Crippen molar-refractivity contribution >= 4 is 26.2 Å². The van der Waals surface area contributed by atoms with Gasteiger partial charge in [-0.15, -0.1) is 0 Å². The first kappa shape index (κ1) is 24.4. The van der Waals surface area contributed by atoms with Gasteiger partial charge in [-0.05, 0) is 29.5 Å². The second-order valence-corrected chi connectivity index (χ2v) is 12.6. The van der Waals surface area contributed by atoms with Crippen molar-refractivity contribution in [2.24, 2.45) is 0 Å². The van der Waals surface area contributed by atoms with Gasteiger partial charge in [0.25, 0.3) is 14.3 Å². The van der Waals surface area contributed by atoms with E-state index in [0.29, 0.717) is 35.9 Å². The molecule has 150 valence electrons. The minimum Gasteiger partial charge on any atom is -0.518 e. The number of carbonyl (C=O) groups excluding carboxylic acids is 3. The lowest BCUT2D eigenvalue weighted by Gasteiger charge is -2.41. The minimum absolute atomic E-state index is 0.162. The maximum Gasteiger partial charge on any atom is 0.331 e. The number of hydrogen-bond donors (Lipinski definition) is 0. The smallest absolute Gasteiger partial charge is 0.331 e. The van der Waals surface area contributed by atoms with E-state index in [1.54, 1.807) is 0 Å². The zero-order valence-electron chi connectivity index (χ0n) is 17.2. The van der Waals surface area contributed by atoms with Crippen LogP contribution in [0.2, 0.25) is 16.6 Å². The number of ether oxygens (including phenoxy) is 2. The van der Waals surface area contributed by atoms with Crippen LogP contribution >= 0.6 is 0 Å². The number of carbonyl (C=O) groups is 3. The highest BCUT2D eigenvalue weighted by molar-refractivity contribution is 6.78. The summed E-state index contributed by atoms with van der Waals surface area (Å²) in [6.45, 7) is 13.0. The Hall–Kier alpha value is -1.63. The van der Waals surface area contributed by atoms with E-state index in [2.05, 4.69) is 46.3 Å². The second kappa shape index (κ2) is 11.9. The third kappa shape index (κ3) is 7.72. The largest absolute Gasteiger partial charge is 0.518 e. The molecular weight excluding hydrogens is 352 g/mol. The van der Waals surface area contributed by atoms with E-state index < -0.39 is 20.3 Å². The summed E-state index contributed by atoms with van der Waals surface area (Å²) >= 11 is 0. The fourth-order valence-electron chi connectivity index (χ4n) is 3.40. The van der Waals surface area contributed by atoms with Gasteiger partial charge in [-0.3, -0.25) is 4.79 Å². The van der Waals surface area contributed by atoms with Crippen LogP contribution in [0, 0.1) is 0 Å². The molecule has 0 aromatic rings. The average molecular weight is 387 g/mol. The first-order valence-electron chi connectivity index (χ1n) is 9.22. The summed E-state index contributed by atoms with van der Waals surface area (Å²) in [5, 5.41) is 0. The van der Waals surface area contributed by atoms with Crippen molar-refractivity contribution < 1.29 is 28.3 Å². The molecule has 0 radical (unpaired) electrons. The Morgan fingerprint density at radius 1 is 0.846 bits per heavy atom. The van der Waals surface area contributed by atoms with Crippen LogP contribution in [0.15, 0.2) is 12.2 Å². The van der Waals surface area contributed by atoms with Gasteiger partial charge in [0.2, 0.25) is 0 Å². The molecule has 0 aromatic carbocycles. The number of methoxy groups -OCH3 is 1. The summed E-state index contributed by atoms with van der Waals surface area (Å²) < 4.78 is 15.4. The van der Waals surface area contributed by atoms with E-state index >= 15 is 0 Å². The number of rotatable bonds is 11. The van der Waals surface area contributed by atoms with E-state index in [0.717, 1.165) is 12.2 Å². The van der Waals surface area contributed by atoms with Crippen LogP contribution in [0.3, 0.4) is 0 Å². The molecule has 0 amide bonds. The number of unbranched alkanes of at least 4 members (excludes halogenated alkanes) is 1. The van der Waals surface area contributed by atoms with Gasteiger partial charge in [-0.2, -0.15) is 0 Å². The second-order valence-electron chi connectivity index (χ2n) is 7.27. The number of esters is 2. The molecule has 0 atom stereocenters. The molecule has 0 spiro atoms. The molecule has 0 unspecified atom stereocenters. The SMILES string of the molecule is COC(=O)C=CC(=O)OCCCCC(=O)O[Si](C(C)C)(C(C)C)C(C)C. The van der Waals surface area contributed by atoms with Crippen LogP contribution in [0.4, 0.5) is 0 Å². The average Bonchev–Trinajstić information content (AvgIpc) is 2.55. The van der Waals surface area contributed by atoms with Crippen LogP contribution in [-0.2, 0) is 28.3 Å². The molecule has 0 fully saturated rings. The Bertz CT molecular complexity index is 474. The minimum atomic E-state index is -2.19. The molecule has 6 nitrogen and oxygen atoms in total. The molecule has 0 bridgehead atoms. The monoisotopic (exact) mass is 386 g/mol. The van der Waals surface area contributed by atoms with E-state index in [-0.39, 0.29) is 12.6 Å². The molecule has 0 N–H and O–H groups in total. The summed E-state index contributed by atoms with van der Waals surface area (Å²) in [7, 11) is -0.961. The van der Waals surface area contributed by atoms with Crippen LogP contribution < -0.4 is 0 Å². The Balaban J connectivity index is 4.32. The van der Waals surface area contributed by atoms with Crippen molar-refractivity contribution in [3.63, 3.8) is 0 Å². The third-order valence-electron chi connectivity index (χ3n) is 4.57. The van der Waals surface area contributed by atoms with Gasteiger partial charge in [-0.1, -0.05) is 41.5 Å². The quantitative estimate of drug-likeness (QED) is 0.230. The van der Waals surface area contributed by atoms with E-state index in [9.17, 15) is 14.4 Å². The van der Waals surface area contributed by atoms with E-state index in [1.165, 1.54) is 7.11 Å². The van der Waals surface area contributed by atoms with Crippen molar-refractivity contribution in [1.29, 1.82) is 0 Å². The lowest BCUT2D eigenvalue weighted by molar-refractivity contribution is -0.139. The van der Waals surface area contributed by atoms with E-state index in [1.807, 2.05) is 0 Å². The standard InChI is InChI=1S/C19H34O6Si/c1-14(2)26(15(3)4,16(5)6)25-19(22)10-8-9-13-24-18(21)12-11-17(20)23-7/h11-12,14-16H,8-10,13H2,1-7H3. The molecule has 0 aliphatic rings. The van der Waals surface area contributed by atoms with Crippen molar-refractivity contribution in [3.05, 3.63) is 12.2 Å². The summed E-state index contributed by atoms with van der Waals surface area (Å²) in [5.74, 6) is -1.38. The molecule has 0 aliphatic heterocycles. The molecule has 0 heterocycles. The highest BCUT2D eigenvalue weighted by Crippen LogP contribution is 2.42. The van der Waals surface area contributed by atoms with Crippen molar-refractivity contribution in [2.45, 2.75) is 77.4 Å². The van der Waals surface area contributed by atoms with Gasteiger partial charge in [0.05, 0.1) is 13.7 Å². The lowest BCUT2D eigenvalue weighted by Crippen LogP contribution is -2.49. The highest BCUT2D eigenvalue weighted by Gasteiger charge is 2.47. The van der Waals surface area contributed by atoms with Crippen molar-refractivity contribution in [1.82, 2.24) is 0 Å². The third-order valence-corrected chi connectivity index (χ3v) is 10.6. The Labute approximate surface area is 158 Å². The summed E-state index contributed by atoms with van der Waals surface area (Å²) in [6.07, 6.45) is 3.50. The first-order chi connectivity index (χ1) is 12.1.